The second-order valence-electron chi connectivity index (χ2n) is 5.45. The van der Waals surface area contributed by atoms with Crippen LogP contribution in [-0.4, -0.2) is 21.6 Å². The number of hydrogen-bond donors (Lipinski definition) is 0. The Morgan fingerprint density at radius 2 is 2.36 bits per heavy atom. The molecule has 1 fully saturated rings. The summed E-state index contributed by atoms with van der Waals surface area (Å²) < 4.78 is 19.1. The summed E-state index contributed by atoms with van der Waals surface area (Å²) in [5, 5.41) is 13.0. The first-order valence-corrected chi connectivity index (χ1v) is 7.46. The van der Waals surface area contributed by atoms with Crippen molar-refractivity contribution >= 4 is 0 Å². The fraction of sp³-hybridized carbons (Fsp3) is 0.438. The lowest BCUT2D eigenvalue weighted by Crippen LogP contribution is -2.24. The minimum Gasteiger partial charge on any atom is -0.339 e. The molecule has 1 aliphatic heterocycles. The smallest absolute Gasteiger partial charge is 0.226 e. The van der Waals surface area contributed by atoms with Crippen LogP contribution in [0.3, 0.4) is 0 Å². The number of aromatic nitrogens is 2. The molecule has 0 radical (unpaired) electrons. The maximum Gasteiger partial charge on any atom is 0.226 e. The van der Waals surface area contributed by atoms with E-state index >= 15 is 0 Å². The quantitative estimate of drug-likeness (QED) is 0.868. The first-order valence-electron chi connectivity index (χ1n) is 7.46. The van der Waals surface area contributed by atoms with Gasteiger partial charge in [-0.1, -0.05) is 12.1 Å². The number of nitriles is 1. The third-order valence-corrected chi connectivity index (χ3v) is 4.00. The highest BCUT2D eigenvalue weighted by Crippen LogP contribution is 2.32. The van der Waals surface area contributed by atoms with E-state index in [1.54, 1.807) is 6.07 Å². The molecule has 2 heterocycles. The van der Waals surface area contributed by atoms with Gasteiger partial charge in [0.05, 0.1) is 17.7 Å². The van der Waals surface area contributed by atoms with Crippen molar-refractivity contribution in [3.63, 3.8) is 0 Å². The largest absolute Gasteiger partial charge is 0.339 e. The van der Waals surface area contributed by atoms with Crippen LogP contribution >= 0.6 is 0 Å². The summed E-state index contributed by atoms with van der Waals surface area (Å²) >= 11 is 0. The third kappa shape index (κ3) is 2.85. The molecule has 1 unspecified atom stereocenters. The molecule has 0 amide bonds. The Hall–Kier alpha value is -2.26. The molecule has 22 heavy (non-hydrogen) atoms. The van der Waals surface area contributed by atoms with Gasteiger partial charge in [-0.05, 0) is 37.6 Å². The van der Waals surface area contributed by atoms with Crippen LogP contribution < -0.4 is 0 Å². The van der Waals surface area contributed by atoms with E-state index in [0.29, 0.717) is 35.8 Å². The second-order valence-corrected chi connectivity index (χ2v) is 5.45. The Labute approximate surface area is 128 Å². The zero-order chi connectivity index (χ0) is 15.5. The SMILES string of the molecule is CCc1nc(C2CCCN2Cc2cc(C#N)ccc2F)no1. The highest BCUT2D eigenvalue weighted by atomic mass is 19.1. The van der Waals surface area contributed by atoms with Gasteiger partial charge in [-0.15, -0.1) is 0 Å². The van der Waals surface area contributed by atoms with E-state index in [0.717, 1.165) is 19.4 Å². The first kappa shape index (κ1) is 14.7. The molecule has 5 nitrogen and oxygen atoms in total. The molecule has 1 aromatic carbocycles. The maximum absolute atomic E-state index is 14.0. The van der Waals surface area contributed by atoms with E-state index in [9.17, 15) is 4.39 Å². The van der Waals surface area contributed by atoms with Crippen molar-refractivity contribution < 1.29 is 8.91 Å². The molecule has 2 aromatic rings. The highest BCUT2D eigenvalue weighted by Gasteiger charge is 2.30. The van der Waals surface area contributed by atoms with Crippen LogP contribution in [0.2, 0.25) is 0 Å². The van der Waals surface area contributed by atoms with Crippen molar-refractivity contribution in [3.05, 3.63) is 46.9 Å². The van der Waals surface area contributed by atoms with Crippen LogP contribution in [0.25, 0.3) is 0 Å². The van der Waals surface area contributed by atoms with E-state index in [1.807, 2.05) is 13.0 Å². The van der Waals surface area contributed by atoms with Crippen molar-refractivity contribution in [2.24, 2.45) is 0 Å². The Morgan fingerprint density at radius 3 is 3.09 bits per heavy atom. The van der Waals surface area contributed by atoms with Crippen LogP contribution in [0.5, 0.6) is 0 Å². The summed E-state index contributed by atoms with van der Waals surface area (Å²) in [6, 6.07) is 6.55. The van der Waals surface area contributed by atoms with Crippen LogP contribution in [0.4, 0.5) is 4.39 Å². The summed E-state index contributed by atoms with van der Waals surface area (Å²) in [6.07, 6.45) is 2.65. The second kappa shape index (κ2) is 6.24. The number of nitrogens with zero attached hydrogens (tertiary/aromatic N) is 4. The Balaban J connectivity index is 1.80. The van der Waals surface area contributed by atoms with Gasteiger partial charge in [0.15, 0.2) is 5.82 Å². The van der Waals surface area contributed by atoms with Gasteiger partial charge < -0.3 is 4.52 Å². The number of aryl methyl sites for hydroxylation is 1. The van der Waals surface area contributed by atoms with Gasteiger partial charge in [0, 0.05) is 18.5 Å². The van der Waals surface area contributed by atoms with Gasteiger partial charge in [0.1, 0.15) is 5.82 Å². The number of likely N-dealkylation sites (tertiary alicyclic amines) is 1. The van der Waals surface area contributed by atoms with Crippen LogP contribution in [0.1, 0.15) is 48.6 Å². The van der Waals surface area contributed by atoms with Gasteiger partial charge >= 0.3 is 0 Å². The first-order chi connectivity index (χ1) is 10.7. The lowest BCUT2D eigenvalue weighted by molar-refractivity contribution is 0.231. The van der Waals surface area contributed by atoms with Crippen molar-refractivity contribution in [2.45, 2.75) is 38.8 Å². The number of hydrogen-bond acceptors (Lipinski definition) is 5. The molecular formula is C16H17FN4O. The molecule has 1 aliphatic rings. The molecule has 0 bridgehead atoms. The van der Waals surface area contributed by atoms with Gasteiger partial charge in [-0.2, -0.15) is 10.2 Å². The molecule has 0 N–H and O–H groups in total. The normalized spacial score (nSPS) is 18.5. The molecule has 0 spiro atoms. The summed E-state index contributed by atoms with van der Waals surface area (Å²) in [5.74, 6) is 1.01. The molecule has 0 saturated carbocycles. The average Bonchev–Trinajstić information content (AvgIpc) is 3.18. The minimum atomic E-state index is -0.285. The highest BCUT2D eigenvalue weighted by molar-refractivity contribution is 5.33. The van der Waals surface area contributed by atoms with Crippen molar-refractivity contribution in [3.8, 4) is 6.07 Å². The van der Waals surface area contributed by atoms with E-state index in [4.69, 9.17) is 9.78 Å². The molecule has 6 heteroatoms. The van der Waals surface area contributed by atoms with Gasteiger partial charge in [-0.25, -0.2) is 4.39 Å². The zero-order valence-electron chi connectivity index (χ0n) is 12.4. The average molecular weight is 300 g/mol. The van der Waals surface area contributed by atoms with Crippen LogP contribution in [-0.2, 0) is 13.0 Å². The van der Waals surface area contributed by atoms with Gasteiger partial charge in [0.2, 0.25) is 5.89 Å². The summed E-state index contributed by atoms with van der Waals surface area (Å²) in [7, 11) is 0. The molecule has 1 aromatic heterocycles. The monoisotopic (exact) mass is 300 g/mol. The Morgan fingerprint density at radius 1 is 1.50 bits per heavy atom. The lowest BCUT2D eigenvalue weighted by atomic mass is 10.1. The number of halogens is 1. The van der Waals surface area contributed by atoms with Crippen LogP contribution in [0.15, 0.2) is 22.7 Å². The van der Waals surface area contributed by atoms with Crippen molar-refractivity contribution in [1.82, 2.24) is 15.0 Å². The van der Waals surface area contributed by atoms with E-state index in [-0.39, 0.29) is 11.9 Å². The minimum absolute atomic E-state index is 0.0502. The Kier molecular flexibility index (Phi) is 4.16. The summed E-state index contributed by atoms with van der Waals surface area (Å²) in [6.45, 7) is 3.27. The summed E-state index contributed by atoms with van der Waals surface area (Å²) in [4.78, 5) is 6.54. The molecule has 3 rings (SSSR count). The molecule has 114 valence electrons. The Bertz CT molecular complexity index is 706. The van der Waals surface area contributed by atoms with E-state index < -0.39 is 0 Å². The molecular weight excluding hydrogens is 283 g/mol. The standard InChI is InChI=1S/C16H17FN4O/c1-2-15-19-16(20-22-15)14-4-3-7-21(14)10-12-8-11(9-18)5-6-13(12)17/h5-6,8,14H,2-4,7,10H2,1H3. The predicted octanol–water partition coefficient (Wildman–Crippen LogP) is 2.98. The number of benzene rings is 1. The summed E-state index contributed by atoms with van der Waals surface area (Å²) in [5.41, 5.74) is 1.00. The fourth-order valence-electron chi connectivity index (χ4n) is 2.84. The molecule has 1 atom stereocenters. The molecule has 0 aliphatic carbocycles. The van der Waals surface area contributed by atoms with Gasteiger partial charge in [0.25, 0.3) is 0 Å². The molecule has 1 saturated heterocycles. The van der Waals surface area contributed by atoms with Crippen molar-refractivity contribution in [1.29, 1.82) is 5.26 Å². The lowest BCUT2D eigenvalue weighted by Gasteiger charge is -2.22. The van der Waals surface area contributed by atoms with Crippen LogP contribution in [0, 0.1) is 17.1 Å². The third-order valence-electron chi connectivity index (χ3n) is 4.00. The maximum atomic E-state index is 14.0. The van der Waals surface area contributed by atoms with Gasteiger partial charge in [-0.3, -0.25) is 4.90 Å². The van der Waals surface area contributed by atoms with E-state index in [1.165, 1.54) is 12.1 Å². The van der Waals surface area contributed by atoms with E-state index in [2.05, 4.69) is 15.0 Å². The predicted molar refractivity (Wildman–Crippen MR) is 77.2 cm³/mol. The van der Waals surface area contributed by atoms with Crippen molar-refractivity contribution in [2.75, 3.05) is 6.54 Å². The topological polar surface area (TPSA) is 66.0 Å². The zero-order valence-corrected chi connectivity index (χ0v) is 12.4. The number of rotatable bonds is 4. The fourth-order valence-corrected chi connectivity index (χ4v) is 2.84.